The molecule has 1 unspecified atom stereocenters. The molecule has 1 saturated heterocycles. The van der Waals surface area contributed by atoms with Gasteiger partial charge in [0.15, 0.2) is 9.84 Å². The average molecular weight is 242 g/mol. The second-order valence-corrected chi connectivity index (χ2v) is 7.50. The summed E-state index contributed by atoms with van der Waals surface area (Å²) in [5, 5.41) is 0. The Morgan fingerprint density at radius 1 is 1.36 bits per heavy atom. The van der Waals surface area contributed by atoms with Crippen molar-refractivity contribution in [2.24, 2.45) is 5.92 Å². The molecule has 1 rings (SSSR count). The molecule has 1 atom stereocenters. The monoisotopic (exact) mass is 242 g/mol. The van der Waals surface area contributed by atoms with E-state index in [1.165, 1.54) is 0 Å². The van der Waals surface area contributed by atoms with E-state index in [4.69, 9.17) is 4.55 Å². The zero-order valence-corrected chi connectivity index (χ0v) is 9.35. The molecule has 0 spiro atoms. The smallest absolute Gasteiger partial charge is 0.264 e. The molecule has 1 aliphatic heterocycles. The minimum atomic E-state index is -3.96. The van der Waals surface area contributed by atoms with Crippen LogP contribution in [0.2, 0.25) is 0 Å². The Kier molecular flexibility index (Phi) is 3.54. The topological polar surface area (TPSA) is 88.5 Å². The van der Waals surface area contributed by atoms with Crippen LogP contribution in [0.25, 0.3) is 0 Å². The van der Waals surface area contributed by atoms with Crippen molar-refractivity contribution in [3.63, 3.8) is 0 Å². The van der Waals surface area contributed by atoms with Crippen molar-refractivity contribution in [3.05, 3.63) is 0 Å². The van der Waals surface area contributed by atoms with E-state index in [0.29, 0.717) is 6.42 Å². The quantitative estimate of drug-likeness (QED) is 0.708. The maximum atomic E-state index is 11.2. The molecular weight excluding hydrogens is 228 g/mol. The van der Waals surface area contributed by atoms with Gasteiger partial charge in [0, 0.05) is 0 Å². The molecule has 0 bridgehead atoms. The van der Waals surface area contributed by atoms with Gasteiger partial charge in [0.1, 0.15) is 0 Å². The Bertz CT molecular complexity index is 380. The standard InChI is InChI=1S/C7H14O5S2/c8-13(9)4-1-2-7(6-13)3-5-14(10,11)12/h7H,1-6H2,(H,10,11,12). The van der Waals surface area contributed by atoms with Crippen LogP contribution in [0.3, 0.4) is 0 Å². The van der Waals surface area contributed by atoms with E-state index in [1.807, 2.05) is 0 Å². The van der Waals surface area contributed by atoms with Gasteiger partial charge in [-0.3, -0.25) is 4.55 Å². The largest absolute Gasteiger partial charge is 0.286 e. The summed E-state index contributed by atoms with van der Waals surface area (Å²) >= 11 is 0. The molecule has 84 valence electrons. The van der Waals surface area contributed by atoms with Crippen LogP contribution in [-0.4, -0.2) is 38.6 Å². The van der Waals surface area contributed by atoms with E-state index in [2.05, 4.69) is 0 Å². The first-order chi connectivity index (χ1) is 6.29. The van der Waals surface area contributed by atoms with Crippen molar-refractivity contribution in [3.8, 4) is 0 Å². The number of hydrogen-bond donors (Lipinski definition) is 1. The van der Waals surface area contributed by atoms with E-state index in [1.54, 1.807) is 0 Å². The number of hydrogen-bond acceptors (Lipinski definition) is 4. The summed E-state index contributed by atoms with van der Waals surface area (Å²) in [5.41, 5.74) is 0. The Balaban J connectivity index is 2.47. The predicted octanol–water partition coefficient (Wildman–Crippen LogP) is 0.0891. The second kappa shape index (κ2) is 4.16. The van der Waals surface area contributed by atoms with Gasteiger partial charge in [0.2, 0.25) is 0 Å². The molecule has 0 saturated carbocycles. The summed E-state index contributed by atoms with van der Waals surface area (Å²) in [5.74, 6) is -0.193. The van der Waals surface area contributed by atoms with Gasteiger partial charge in [-0.2, -0.15) is 8.42 Å². The van der Waals surface area contributed by atoms with Gasteiger partial charge in [0.05, 0.1) is 17.3 Å². The van der Waals surface area contributed by atoms with Crippen molar-refractivity contribution in [2.75, 3.05) is 17.3 Å². The van der Waals surface area contributed by atoms with Crippen LogP contribution >= 0.6 is 0 Å². The molecule has 0 aromatic heterocycles. The lowest BCUT2D eigenvalue weighted by molar-refractivity contribution is 0.448. The highest BCUT2D eigenvalue weighted by atomic mass is 32.2. The minimum absolute atomic E-state index is 0.0581. The summed E-state index contributed by atoms with van der Waals surface area (Å²) in [6.07, 6.45) is 1.56. The fourth-order valence-corrected chi connectivity index (χ4v) is 4.12. The highest BCUT2D eigenvalue weighted by Crippen LogP contribution is 2.21. The molecule has 1 fully saturated rings. The van der Waals surface area contributed by atoms with Crippen LogP contribution in [-0.2, 0) is 20.0 Å². The summed E-state index contributed by atoms with van der Waals surface area (Å²) < 4.78 is 51.7. The predicted molar refractivity (Wildman–Crippen MR) is 52.4 cm³/mol. The van der Waals surface area contributed by atoms with Crippen LogP contribution in [0.1, 0.15) is 19.3 Å². The highest BCUT2D eigenvalue weighted by Gasteiger charge is 2.25. The van der Waals surface area contributed by atoms with E-state index in [9.17, 15) is 16.8 Å². The van der Waals surface area contributed by atoms with Crippen LogP contribution in [0.4, 0.5) is 0 Å². The Morgan fingerprint density at radius 3 is 2.50 bits per heavy atom. The van der Waals surface area contributed by atoms with Gasteiger partial charge in [-0.05, 0) is 25.2 Å². The van der Waals surface area contributed by atoms with Crippen LogP contribution in [0.5, 0.6) is 0 Å². The summed E-state index contributed by atoms with van der Waals surface area (Å²) in [6, 6.07) is 0. The lowest BCUT2D eigenvalue weighted by atomic mass is 10.0. The fourth-order valence-electron chi connectivity index (χ4n) is 1.66. The van der Waals surface area contributed by atoms with Gasteiger partial charge >= 0.3 is 0 Å². The molecule has 1 heterocycles. The highest BCUT2D eigenvalue weighted by molar-refractivity contribution is 7.91. The van der Waals surface area contributed by atoms with Gasteiger partial charge in [0.25, 0.3) is 10.1 Å². The Morgan fingerprint density at radius 2 is 2.00 bits per heavy atom. The van der Waals surface area contributed by atoms with E-state index < -0.39 is 20.0 Å². The maximum absolute atomic E-state index is 11.2. The molecule has 0 aromatic carbocycles. The molecule has 1 aliphatic rings. The first-order valence-corrected chi connectivity index (χ1v) is 7.87. The minimum Gasteiger partial charge on any atom is -0.286 e. The molecule has 7 heteroatoms. The van der Waals surface area contributed by atoms with Crippen LogP contribution < -0.4 is 0 Å². The second-order valence-electron chi connectivity index (χ2n) is 3.70. The summed E-state index contributed by atoms with van der Waals surface area (Å²) in [6.45, 7) is 0. The van der Waals surface area contributed by atoms with Crippen molar-refractivity contribution in [2.45, 2.75) is 19.3 Å². The molecule has 0 radical (unpaired) electrons. The number of sulfone groups is 1. The first-order valence-electron chi connectivity index (χ1n) is 4.44. The van der Waals surface area contributed by atoms with Crippen LogP contribution in [0, 0.1) is 5.92 Å². The van der Waals surface area contributed by atoms with Gasteiger partial charge in [-0.25, -0.2) is 8.42 Å². The molecule has 0 amide bonds. The third-order valence-electron chi connectivity index (χ3n) is 2.34. The zero-order valence-electron chi connectivity index (χ0n) is 7.72. The number of rotatable bonds is 3. The molecule has 5 nitrogen and oxygen atoms in total. The normalized spacial score (nSPS) is 27.4. The van der Waals surface area contributed by atoms with Gasteiger partial charge in [-0.15, -0.1) is 0 Å². The third kappa shape index (κ3) is 4.39. The zero-order chi connectivity index (χ0) is 10.8. The first kappa shape index (κ1) is 11.9. The average Bonchev–Trinajstić information content (AvgIpc) is 1.98. The summed E-state index contributed by atoms with van der Waals surface area (Å²) in [7, 11) is -6.93. The van der Waals surface area contributed by atoms with Crippen molar-refractivity contribution < 1.29 is 21.4 Å². The van der Waals surface area contributed by atoms with E-state index in [-0.39, 0.29) is 29.6 Å². The van der Waals surface area contributed by atoms with Gasteiger partial charge < -0.3 is 0 Å². The van der Waals surface area contributed by atoms with Crippen molar-refractivity contribution >= 4 is 20.0 Å². The lowest BCUT2D eigenvalue weighted by Gasteiger charge is -2.20. The Hall–Kier alpha value is -0.140. The lowest BCUT2D eigenvalue weighted by Crippen LogP contribution is -2.26. The molecule has 14 heavy (non-hydrogen) atoms. The maximum Gasteiger partial charge on any atom is 0.264 e. The molecule has 0 aliphatic carbocycles. The van der Waals surface area contributed by atoms with Gasteiger partial charge in [-0.1, -0.05) is 0 Å². The molecule has 0 aromatic rings. The fraction of sp³-hybridized carbons (Fsp3) is 1.00. The third-order valence-corrected chi connectivity index (χ3v) is 4.98. The van der Waals surface area contributed by atoms with Crippen molar-refractivity contribution in [1.29, 1.82) is 0 Å². The summed E-state index contributed by atoms with van der Waals surface area (Å²) in [4.78, 5) is 0. The Labute approximate surface area is 84.2 Å². The molecule has 1 N–H and O–H groups in total. The van der Waals surface area contributed by atoms with Crippen molar-refractivity contribution in [1.82, 2.24) is 0 Å². The SMILES string of the molecule is O=S(=O)(O)CCC1CCCS(=O)(=O)C1. The van der Waals surface area contributed by atoms with E-state index in [0.717, 1.165) is 6.42 Å². The van der Waals surface area contributed by atoms with Crippen LogP contribution in [0.15, 0.2) is 0 Å². The van der Waals surface area contributed by atoms with E-state index >= 15 is 0 Å². The molecular formula is C7H14O5S2.